The molecule has 6 fully saturated rings. The highest BCUT2D eigenvalue weighted by Gasteiger charge is 2.63. The molecule has 6 heterocycles. The lowest BCUT2D eigenvalue weighted by Gasteiger charge is -2.53. The summed E-state index contributed by atoms with van der Waals surface area (Å²) in [5.74, 6) is -8.73. The molecule has 129 heavy (non-hydrogen) atoms. The quantitative estimate of drug-likeness (QED) is 0.0282. The van der Waals surface area contributed by atoms with Gasteiger partial charge in [-0.15, -0.1) is 0 Å². The Hall–Kier alpha value is -4.11. The maximum absolute atomic E-state index is 13.8. The molecular weight excluding hydrogens is 1700 g/mol. The fourth-order valence-electron chi connectivity index (χ4n) is 17.6. The standard InChI is InChI=1S/C89H160N4O36/c1-6-8-10-12-14-16-18-20-21-22-23-24-25-26-27-28-29-31-33-35-37-39-41-43-64(106)93-55(56(103)42-40-38-36-34-32-30-19-17-15-13-11-9-7-2)51-118-85-74(113)73(112)77(62(49-98)122-85)124-86-75(114)81(71(110)61(48-97)121-86)127-84-67(92-54(5)102)79(70(109)60(47-96)120-84)126-87-76(115)82(78(63(50-99)123-87)125-83-66(91-53(4)101)72(111)69(108)59(46-95)119-83)129-89(88(116)117)44-57(104)65(90-52(3)100)80(128-89)68(107)58(105)45-94/h40,42,55-63,65-87,94-99,103-105,107-115H,6-39,41,43-51H2,1-5H3,(H,90,100)(H,91,101)(H,92,102)(H,93,106)(H,116,117)/b42-40+/t55-,56+,57?,58+,59?,60?,61?,62?,63?,65+,66?,67?,68+,69-,70+,71-,72+,73+,74?,75?,76?,77+,78-,79+,80?,81-,82+,83-,84-,85+,86-,87-,89-/m0/s1. The Morgan fingerprint density at radius 3 is 1.25 bits per heavy atom. The number of aliphatic hydroxyl groups excluding tert-OH is 18. The van der Waals surface area contributed by atoms with Gasteiger partial charge in [0.05, 0.1) is 70.5 Å². The summed E-state index contributed by atoms with van der Waals surface area (Å²) in [6.45, 7) is 0.0541. The minimum atomic E-state index is -3.42. The second-order valence-corrected chi connectivity index (χ2v) is 35.6. The van der Waals surface area contributed by atoms with Gasteiger partial charge in [-0.05, 0) is 19.3 Å². The van der Waals surface area contributed by atoms with Crippen molar-refractivity contribution in [3.8, 4) is 0 Å². The van der Waals surface area contributed by atoms with Gasteiger partial charge in [0, 0.05) is 33.6 Å². The number of nitrogens with one attached hydrogen (secondary N) is 4. The van der Waals surface area contributed by atoms with E-state index in [9.17, 15) is 121 Å². The van der Waals surface area contributed by atoms with Crippen molar-refractivity contribution in [2.24, 2.45) is 0 Å². The number of carbonyl (C=O) groups is 5. The average Bonchev–Trinajstić information content (AvgIpc) is 0.745. The maximum atomic E-state index is 13.8. The molecule has 4 amide bonds. The van der Waals surface area contributed by atoms with E-state index in [4.69, 9.17) is 56.8 Å². The van der Waals surface area contributed by atoms with Crippen LogP contribution >= 0.6 is 0 Å². The van der Waals surface area contributed by atoms with Crippen molar-refractivity contribution in [3.63, 3.8) is 0 Å². The first-order valence-electron chi connectivity index (χ1n) is 47.6. The molecule has 752 valence electrons. The predicted octanol–water partition coefficient (Wildman–Crippen LogP) is 0.0464. The number of ether oxygens (including phenoxy) is 12. The molecule has 0 aliphatic carbocycles. The van der Waals surface area contributed by atoms with Gasteiger partial charge in [0.15, 0.2) is 31.5 Å². The molecule has 12 unspecified atom stereocenters. The van der Waals surface area contributed by atoms with Crippen LogP contribution in [0, 0.1) is 0 Å². The molecule has 6 aliphatic rings. The monoisotopic (exact) mass is 1860 g/mol. The van der Waals surface area contributed by atoms with Crippen molar-refractivity contribution in [3.05, 3.63) is 12.2 Å². The number of carboxylic acid groups (broad SMARTS) is 1. The number of carboxylic acids is 1. The van der Waals surface area contributed by atoms with E-state index in [1.165, 1.54) is 161 Å². The molecule has 33 atom stereocenters. The average molecular weight is 1860 g/mol. The molecule has 0 saturated carbocycles. The van der Waals surface area contributed by atoms with Gasteiger partial charge in [0.2, 0.25) is 23.6 Å². The summed E-state index contributed by atoms with van der Waals surface area (Å²) in [5, 5.41) is 225. The van der Waals surface area contributed by atoms with Crippen LogP contribution in [0.25, 0.3) is 0 Å². The summed E-state index contributed by atoms with van der Waals surface area (Å²) in [4.78, 5) is 66.0. The number of rotatable bonds is 64. The van der Waals surface area contributed by atoms with E-state index >= 15 is 0 Å². The third-order valence-corrected chi connectivity index (χ3v) is 25.1. The lowest BCUT2D eigenvalue weighted by Crippen LogP contribution is -2.72. The molecule has 0 radical (unpaired) electrons. The first-order chi connectivity index (χ1) is 61.9. The molecule has 6 aliphatic heterocycles. The minimum Gasteiger partial charge on any atom is -0.477 e. The van der Waals surface area contributed by atoms with Gasteiger partial charge in [-0.3, -0.25) is 19.2 Å². The van der Waals surface area contributed by atoms with Gasteiger partial charge in [-0.2, -0.15) is 0 Å². The van der Waals surface area contributed by atoms with Crippen LogP contribution in [-0.2, 0) is 80.8 Å². The molecule has 0 aromatic carbocycles. The van der Waals surface area contributed by atoms with Gasteiger partial charge in [-0.25, -0.2) is 4.79 Å². The fraction of sp³-hybridized carbons (Fsp3) is 0.921. The van der Waals surface area contributed by atoms with Crippen LogP contribution in [-0.4, -0.2) is 375 Å². The minimum absolute atomic E-state index is 0.147. The highest BCUT2D eigenvalue weighted by atomic mass is 16.8. The van der Waals surface area contributed by atoms with E-state index in [0.29, 0.717) is 12.8 Å². The summed E-state index contributed by atoms with van der Waals surface area (Å²) < 4.78 is 72.5. The first-order valence-corrected chi connectivity index (χ1v) is 47.6. The van der Waals surface area contributed by atoms with Gasteiger partial charge < -0.3 is 175 Å². The van der Waals surface area contributed by atoms with Crippen molar-refractivity contribution in [2.45, 2.75) is 474 Å². The Bertz CT molecular complexity index is 3110. The molecule has 40 nitrogen and oxygen atoms in total. The van der Waals surface area contributed by atoms with Crippen molar-refractivity contribution in [2.75, 3.05) is 46.2 Å². The van der Waals surface area contributed by atoms with Crippen LogP contribution in [0.2, 0.25) is 0 Å². The molecule has 23 N–H and O–H groups in total. The number of hydrogen-bond donors (Lipinski definition) is 23. The summed E-state index contributed by atoms with van der Waals surface area (Å²) >= 11 is 0. The van der Waals surface area contributed by atoms with Crippen LogP contribution in [0.4, 0.5) is 0 Å². The molecule has 0 spiro atoms. The molecule has 0 bridgehead atoms. The van der Waals surface area contributed by atoms with E-state index in [2.05, 4.69) is 35.1 Å². The van der Waals surface area contributed by atoms with Gasteiger partial charge >= 0.3 is 5.97 Å². The number of aliphatic hydroxyl groups is 18. The largest absolute Gasteiger partial charge is 0.477 e. The Morgan fingerprint density at radius 1 is 0.403 bits per heavy atom. The Kier molecular flexibility index (Phi) is 53.9. The Labute approximate surface area is 758 Å². The van der Waals surface area contributed by atoms with Crippen molar-refractivity contribution >= 4 is 29.6 Å². The van der Waals surface area contributed by atoms with E-state index in [1.54, 1.807) is 6.08 Å². The predicted molar refractivity (Wildman–Crippen MR) is 460 cm³/mol. The molecule has 0 aromatic heterocycles. The third-order valence-electron chi connectivity index (χ3n) is 25.1. The molecular formula is C89H160N4O36. The highest BCUT2D eigenvalue weighted by molar-refractivity contribution is 5.77. The highest BCUT2D eigenvalue weighted by Crippen LogP contribution is 2.42. The number of unbranched alkanes of at least 4 members (excludes halogenated alkanes) is 33. The molecule has 0 aromatic rings. The number of aliphatic carboxylic acids is 1. The fourth-order valence-corrected chi connectivity index (χ4v) is 17.6. The van der Waals surface area contributed by atoms with E-state index in [1.807, 2.05) is 6.08 Å². The van der Waals surface area contributed by atoms with Crippen LogP contribution in [0.15, 0.2) is 12.2 Å². The topological polar surface area (TPSA) is 629 Å². The lowest BCUT2D eigenvalue weighted by molar-refractivity contribution is -0.400. The molecule has 6 rings (SSSR count). The summed E-state index contributed by atoms with van der Waals surface area (Å²) in [5.41, 5.74) is 0. The van der Waals surface area contributed by atoms with Crippen molar-refractivity contribution in [1.82, 2.24) is 21.3 Å². The molecule has 6 saturated heterocycles. The summed E-state index contributed by atoms with van der Waals surface area (Å²) in [6, 6.07) is -6.76. The number of carbonyl (C=O) groups excluding carboxylic acids is 4. The zero-order valence-corrected chi connectivity index (χ0v) is 76.2. The van der Waals surface area contributed by atoms with Gasteiger partial charge in [0.25, 0.3) is 5.79 Å². The van der Waals surface area contributed by atoms with Crippen molar-refractivity contribution in [1.29, 1.82) is 0 Å². The summed E-state index contributed by atoms with van der Waals surface area (Å²) in [7, 11) is 0. The van der Waals surface area contributed by atoms with Crippen molar-refractivity contribution < 1.29 is 178 Å². The third kappa shape index (κ3) is 36.1. The Balaban J connectivity index is 1.15. The van der Waals surface area contributed by atoms with Crippen LogP contribution < -0.4 is 21.3 Å². The van der Waals surface area contributed by atoms with Crippen LogP contribution in [0.5, 0.6) is 0 Å². The van der Waals surface area contributed by atoms with E-state index in [-0.39, 0.29) is 12.3 Å². The SMILES string of the molecule is CCCCCCCCCCCCC/C=C/[C@@H](O)[C@H](CO[C@@H]1OC(CO)[C@@H](O[C@@H]2OC(CO)[C@H](O)[C@H](O[C@@H]3OC(CO)[C@@H](O)[C@H](O[C@@H]4OC(CO)[C@H](O[C@@H]5OC(CO)[C@H](O)[C@H](O)C5NC(C)=O)[C@H](O[C@]5(C(=O)O)CC(O)[C@@H](NC(C)=O)C([C@H](O)[C@H](O)CO)O5)C4O)C3NC(C)=O)C2O)[C@H](O)C1O)NC(=O)CCCCCCCCCCCCCCCCCCCCCCCCC. The lowest BCUT2D eigenvalue weighted by atomic mass is 9.88. The van der Waals surface area contributed by atoms with E-state index in [0.717, 1.165) is 72.1 Å². The van der Waals surface area contributed by atoms with Gasteiger partial charge in [0.1, 0.15) is 140 Å². The van der Waals surface area contributed by atoms with Gasteiger partial charge in [-0.1, -0.05) is 231 Å². The second-order valence-electron chi connectivity index (χ2n) is 35.6. The zero-order valence-electron chi connectivity index (χ0n) is 76.2. The summed E-state index contributed by atoms with van der Waals surface area (Å²) in [6.07, 6.45) is -14.8. The first kappa shape index (κ1) is 114. The Morgan fingerprint density at radius 2 is 0.783 bits per heavy atom. The number of hydrogen-bond acceptors (Lipinski definition) is 35. The maximum Gasteiger partial charge on any atom is 0.364 e. The van der Waals surface area contributed by atoms with Crippen LogP contribution in [0.1, 0.15) is 272 Å². The number of amides is 4. The number of allylic oxidation sites excluding steroid dienone is 1. The smallest absolute Gasteiger partial charge is 0.364 e. The van der Waals surface area contributed by atoms with E-state index < -0.39 is 278 Å². The van der Waals surface area contributed by atoms with Crippen LogP contribution in [0.3, 0.4) is 0 Å². The molecule has 40 heteroatoms. The second kappa shape index (κ2) is 61.2. The normalized spacial score (nSPS) is 34.3. The zero-order chi connectivity index (χ0) is 94.7.